The van der Waals surface area contributed by atoms with Gasteiger partial charge in [-0.3, -0.25) is 14.7 Å². The van der Waals surface area contributed by atoms with E-state index in [1.807, 2.05) is 12.3 Å². The number of urea groups is 1. The maximum absolute atomic E-state index is 12.3. The molecule has 0 unspecified atom stereocenters. The zero-order valence-electron chi connectivity index (χ0n) is 16.2. The molecule has 3 atom stereocenters. The number of rotatable bonds is 7. The third-order valence-electron chi connectivity index (χ3n) is 6.04. The predicted octanol–water partition coefficient (Wildman–Crippen LogP) is 0.450. The number of hydrogen-bond acceptors (Lipinski definition) is 5. The molecule has 0 aliphatic carbocycles. The zero-order chi connectivity index (χ0) is 19.3. The largest absolute Gasteiger partial charge is 0.377 e. The van der Waals surface area contributed by atoms with Crippen LogP contribution in [0.5, 0.6) is 0 Å². The van der Waals surface area contributed by atoms with Crippen LogP contribution in [0.2, 0.25) is 0 Å². The molecular formula is C20H29N5O3. The molecule has 28 heavy (non-hydrogen) atoms. The maximum Gasteiger partial charge on any atom is 0.317 e. The molecule has 3 amide bonds. The van der Waals surface area contributed by atoms with Gasteiger partial charge < -0.3 is 20.3 Å². The Morgan fingerprint density at radius 2 is 2.32 bits per heavy atom. The number of fused-ring (bicyclic) bond motifs is 1. The van der Waals surface area contributed by atoms with Gasteiger partial charge in [0.15, 0.2) is 0 Å². The third kappa shape index (κ3) is 4.62. The van der Waals surface area contributed by atoms with Crippen molar-refractivity contribution in [3.05, 3.63) is 30.1 Å². The van der Waals surface area contributed by atoms with Crippen molar-refractivity contribution in [2.75, 3.05) is 45.9 Å². The Labute approximate surface area is 165 Å². The van der Waals surface area contributed by atoms with E-state index in [1.165, 1.54) is 5.56 Å². The number of amides is 3. The van der Waals surface area contributed by atoms with E-state index in [4.69, 9.17) is 4.74 Å². The topological polar surface area (TPSA) is 86.8 Å². The van der Waals surface area contributed by atoms with Crippen LogP contribution in [-0.4, -0.2) is 78.7 Å². The molecule has 4 rings (SSSR count). The quantitative estimate of drug-likeness (QED) is 0.709. The van der Waals surface area contributed by atoms with Crippen LogP contribution in [0.1, 0.15) is 18.4 Å². The number of piperidine rings is 1. The molecule has 8 nitrogen and oxygen atoms in total. The number of aromatic nitrogens is 1. The van der Waals surface area contributed by atoms with Crippen molar-refractivity contribution in [2.24, 2.45) is 11.8 Å². The molecule has 1 aromatic rings. The smallest absolute Gasteiger partial charge is 0.317 e. The summed E-state index contributed by atoms with van der Waals surface area (Å²) in [6.07, 6.45) is 5.22. The van der Waals surface area contributed by atoms with Crippen molar-refractivity contribution in [1.29, 1.82) is 0 Å². The number of nitrogens with one attached hydrogen (secondary N) is 2. The van der Waals surface area contributed by atoms with E-state index in [0.29, 0.717) is 44.4 Å². The molecule has 0 radical (unpaired) electrons. The summed E-state index contributed by atoms with van der Waals surface area (Å²) in [7, 11) is 0. The molecule has 3 aliphatic rings. The molecule has 3 aliphatic heterocycles. The van der Waals surface area contributed by atoms with Gasteiger partial charge in [0.05, 0.1) is 19.1 Å². The third-order valence-corrected chi connectivity index (χ3v) is 6.04. The van der Waals surface area contributed by atoms with Gasteiger partial charge in [-0.2, -0.15) is 0 Å². The summed E-state index contributed by atoms with van der Waals surface area (Å²) in [5.41, 5.74) is 1.24. The van der Waals surface area contributed by atoms with E-state index >= 15 is 0 Å². The highest BCUT2D eigenvalue weighted by Gasteiger charge is 2.41. The van der Waals surface area contributed by atoms with Gasteiger partial charge in [-0.25, -0.2) is 4.79 Å². The first-order chi connectivity index (χ1) is 13.7. The minimum Gasteiger partial charge on any atom is -0.377 e. The fraction of sp³-hybridized carbons (Fsp3) is 0.650. The Balaban J connectivity index is 1.19. The summed E-state index contributed by atoms with van der Waals surface area (Å²) >= 11 is 0. The molecular weight excluding hydrogens is 358 g/mol. The van der Waals surface area contributed by atoms with E-state index < -0.39 is 0 Å². The van der Waals surface area contributed by atoms with Crippen LogP contribution in [0.25, 0.3) is 0 Å². The molecule has 3 saturated heterocycles. The molecule has 8 heteroatoms. The number of hydrogen-bond donors (Lipinski definition) is 2. The van der Waals surface area contributed by atoms with E-state index in [0.717, 1.165) is 32.7 Å². The summed E-state index contributed by atoms with van der Waals surface area (Å²) in [6.45, 7) is 6.14. The van der Waals surface area contributed by atoms with Crippen molar-refractivity contribution in [3.63, 3.8) is 0 Å². The Morgan fingerprint density at radius 1 is 1.39 bits per heavy atom. The van der Waals surface area contributed by atoms with Gasteiger partial charge >= 0.3 is 6.03 Å². The van der Waals surface area contributed by atoms with Crippen LogP contribution in [-0.2, 0) is 16.1 Å². The molecule has 2 N–H and O–H groups in total. The van der Waals surface area contributed by atoms with Crippen molar-refractivity contribution < 1.29 is 14.3 Å². The molecule has 3 fully saturated rings. The second-order valence-corrected chi connectivity index (χ2v) is 7.95. The standard InChI is InChI=1S/C20H29N5O3/c26-19(22-5-8-25-9-6-23-20(25)27)10-18-17-3-7-24(13-16(17)14-28-18)12-15-2-1-4-21-11-15/h1-2,4,11,16-18H,3,5-10,12-14H2,(H,22,26)(H,23,27)/t16-,17-,18+/m1/s1. The van der Waals surface area contributed by atoms with Crippen molar-refractivity contribution >= 4 is 11.9 Å². The van der Waals surface area contributed by atoms with Crippen molar-refractivity contribution in [2.45, 2.75) is 25.5 Å². The second-order valence-electron chi connectivity index (χ2n) is 7.95. The average molecular weight is 387 g/mol. The first-order valence-corrected chi connectivity index (χ1v) is 10.2. The van der Waals surface area contributed by atoms with E-state index in [2.05, 4.69) is 26.6 Å². The summed E-state index contributed by atoms with van der Waals surface area (Å²) in [5, 5.41) is 5.70. The Bertz CT molecular complexity index is 686. The lowest BCUT2D eigenvalue weighted by Crippen LogP contribution is -2.42. The number of pyridine rings is 1. The first kappa shape index (κ1) is 19.1. The summed E-state index contributed by atoms with van der Waals surface area (Å²) in [6, 6.07) is 4.04. The van der Waals surface area contributed by atoms with Gasteiger partial charge in [-0.15, -0.1) is 0 Å². The monoisotopic (exact) mass is 387 g/mol. The highest BCUT2D eigenvalue weighted by molar-refractivity contribution is 5.77. The summed E-state index contributed by atoms with van der Waals surface area (Å²) in [5.74, 6) is 0.972. The number of carbonyl (C=O) groups excluding carboxylic acids is 2. The van der Waals surface area contributed by atoms with Gasteiger partial charge in [0.25, 0.3) is 0 Å². The lowest BCUT2D eigenvalue weighted by Gasteiger charge is -2.35. The molecule has 1 aromatic heterocycles. The van der Waals surface area contributed by atoms with Gasteiger partial charge in [-0.05, 0) is 30.5 Å². The maximum atomic E-state index is 12.3. The fourth-order valence-electron chi connectivity index (χ4n) is 4.58. The average Bonchev–Trinajstić information content (AvgIpc) is 3.29. The van der Waals surface area contributed by atoms with Crippen LogP contribution >= 0.6 is 0 Å². The number of carbonyl (C=O) groups is 2. The summed E-state index contributed by atoms with van der Waals surface area (Å²) in [4.78, 5) is 32.2. The van der Waals surface area contributed by atoms with Crippen LogP contribution in [0.15, 0.2) is 24.5 Å². The molecule has 0 spiro atoms. The molecule has 0 saturated carbocycles. The van der Waals surface area contributed by atoms with Gasteiger partial charge in [0.2, 0.25) is 5.91 Å². The minimum absolute atomic E-state index is 0.0145. The highest BCUT2D eigenvalue weighted by Crippen LogP contribution is 2.36. The Hall–Kier alpha value is -2.19. The zero-order valence-corrected chi connectivity index (χ0v) is 16.2. The first-order valence-electron chi connectivity index (χ1n) is 10.2. The van der Waals surface area contributed by atoms with Gasteiger partial charge in [-0.1, -0.05) is 6.07 Å². The molecule has 152 valence electrons. The van der Waals surface area contributed by atoms with Crippen molar-refractivity contribution in [1.82, 2.24) is 25.4 Å². The van der Waals surface area contributed by atoms with E-state index in [-0.39, 0.29) is 18.0 Å². The number of nitrogens with zero attached hydrogens (tertiary/aromatic N) is 3. The normalized spacial score (nSPS) is 27.5. The lowest BCUT2D eigenvalue weighted by atomic mass is 9.83. The van der Waals surface area contributed by atoms with Crippen LogP contribution < -0.4 is 10.6 Å². The fourth-order valence-corrected chi connectivity index (χ4v) is 4.58. The van der Waals surface area contributed by atoms with Crippen LogP contribution in [0, 0.1) is 11.8 Å². The highest BCUT2D eigenvalue weighted by atomic mass is 16.5. The molecule has 0 bridgehead atoms. The van der Waals surface area contributed by atoms with E-state index in [9.17, 15) is 9.59 Å². The SMILES string of the molecule is O=C(C[C@@H]1OC[C@H]2CN(Cc3cccnc3)CC[C@H]21)NCCN1CCNC1=O. The van der Waals surface area contributed by atoms with E-state index in [1.54, 1.807) is 11.1 Å². The minimum atomic E-state index is -0.0470. The van der Waals surface area contributed by atoms with Crippen molar-refractivity contribution in [3.8, 4) is 0 Å². The van der Waals surface area contributed by atoms with Crippen LogP contribution in [0.3, 0.4) is 0 Å². The Morgan fingerprint density at radius 3 is 3.11 bits per heavy atom. The lowest BCUT2D eigenvalue weighted by molar-refractivity contribution is -0.123. The van der Waals surface area contributed by atoms with Gasteiger partial charge in [0.1, 0.15) is 0 Å². The summed E-state index contributed by atoms with van der Waals surface area (Å²) < 4.78 is 5.99. The predicted molar refractivity (Wildman–Crippen MR) is 103 cm³/mol. The number of ether oxygens (including phenoxy) is 1. The Kier molecular flexibility index (Phi) is 6.07. The molecule has 0 aromatic carbocycles. The van der Waals surface area contributed by atoms with Crippen LogP contribution in [0.4, 0.5) is 4.79 Å². The van der Waals surface area contributed by atoms with Gasteiger partial charge in [0, 0.05) is 57.6 Å². The number of likely N-dealkylation sites (tertiary alicyclic amines) is 1. The molecule has 4 heterocycles. The second kappa shape index (κ2) is 8.87.